The maximum atomic E-state index is 11.5. The summed E-state index contributed by atoms with van der Waals surface area (Å²) in [5, 5.41) is 3.13. The van der Waals surface area contributed by atoms with E-state index in [-0.39, 0.29) is 11.6 Å². The quantitative estimate of drug-likeness (QED) is 0.764. The molecule has 0 amide bonds. The standard InChI is InChI=1S/C12H17NO2/c1-4-13-11-7-5-6-10(8(2)14)12(11)9(3)15/h7,13H,4-6H2,1-3H3. The van der Waals surface area contributed by atoms with Gasteiger partial charge in [0, 0.05) is 23.4 Å². The third-order valence-electron chi connectivity index (χ3n) is 2.46. The molecule has 82 valence electrons. The molecule has 0 saturated heterocycles. The number of hydrogen-bond acceptors (Lipinski definition) is 3. The second-order valence-corrected chi connectivity index (χ2v) is 3.65. The molecule has 0 unspecified atom stereocenters. The number of allylic oxidation sites excluding steroid dienone is 3. The number of carbonyl (C=O) groups excluding carboxylic acids is 2. The maximum absolute atomic E-state index is 11.5. The van der Waals surface area contributed by atoms with Crippen molar-refractivity contribution in [2.75, 3.05) is 6.54 Å². The second-order valence-electron chi connectivity index (χ2n) is 3.65. The van der Waals surface area contributed by atoms with Gasteiger partial charge in [0.2, 0.25) is 0 Å². The summed E-state index contributed by atoms with van der Waals surface area (Å²) >= 11 is 0. The van der Waals surface area contributed by atoms with Gasteiger partial charge in [-0.3, -0.25) is 9.59 Å². The van der Waals surface area contributed by atoms with Crippen LogP contribution >= 0.6 is 0 Å². The minimum absolute atomic E-state index is 0.00343. The van der Waals surface area contributed by atoms with Crippen molar-refractivity contribution in [2.24, 2.45) is 0 Å². The van der Waals surface area contributed by atoms with Crippen LogP contribution < -0.4 is 5.32 Å². The first kappa shape index (κ1) is 11.7. The summed E-state index contributed by atoms with van der Waals surface area (Å²) in [6.45, 7) is 5.76. The Morgan fingerprint density at radius 3 is 2.47 bits per heavy atom. The molecule has 1 aliphatic rings. The van der Waals surface area contributed by atoms with E-state index in [0.29, 0.717) is 17.6 Å². The van der Waals surface area contributed by atoms with E-state index in [9.17, 15) is 9.59 Å². The molecule has 0 heterocycles. The first-order valence-corrected chi connectivity index (χ1v) is 5.27. The zero-order valence-electron chi connectivity index (χ0n) is 9.52. The fourth-order valence-electron chi connectivity index (χ4n) is 1.86. The molecule has 1 aliphatic carbocycles. The normalized spacial score (nSPS) is 16.1. The number of ketones is 2. The van der Waals surface area contributed by atoms with Crippen molar-refractivity contribution in [3.63, 3.8) is 0 Å². The lowest BCUT2D eigenvalue weighted by atomic mass is 9.90. The van der Waals surface area contributed by atoms with Gasteiger partial charge < -0.3 is 5.32 Å². The Morgan fingerprint density at radius 1 is 1.33 bits per heavy atom. The molecule has 3 nitrogen and oxygen atoms in total. The van der Waals surface area contributed by atoms with Crippen molar-refractivity contribution in [1.29, 1.82) is 0 Å². The van der Waals surface area contributed by atoms with Crippen molar-refractivity contribution in [3.8, 4) is 0 Å². The third kappa shape index (κ3) is 2.55. The fraction of sp³-hybridized carbons (Fsp3) is 0.500. The number of carbonyl (C=O) groups is 2. The molecule has 0 aromatic rings. The van der Waals surface area contributed by atoms with E-state index in [2.05, 4.69) is 5.32 Å². The molecular formula is C12H17NO2. The lowest BCUT2D eigenvalue weighted by molar-refractivity contribution is -0.116. The predicted octanol–water partition coefficient (Wildman–Crippen LogP) is 1.75. The summed E-state index contributed by atoms with van der Waals surface area (Å²) in [6, 6.07) is 0. The highest BCUT2D eigenvalue weighted by Gasteiger charge is 2.21. The van der Waals surface area contributed by atoms with Crippen molar-refractivity contribution in [3.05, 3.63) is 22.9 Å². The van der Waals surface area contributed by atoms with E-state index in [1.807, 2.05) is 13.0 Å². The van der Waals surface area contributed by atoms with Crippen molar-refractivity contribution < 1.29 is 9.59 Å². The van der Waals surface area contributed by atoms with Crippen LogP contribution in [-0.2, 0) is 9.59 Å². The van der Waals surface area contributed by atoms with Crippen molar-refractivity contribution >= 4 is 11.6 Å². The minimum atomic E-state index is -0.0351. The molecule has 15 heavy (non-hydrogen) atoms. The molecule has 0 fully saturated rings. The third-order valence-corrected chi connectivity index (χ3v) is 2.46. The Morgan fingerprint density at radius 2 is 2.00 bits per heavy atom. The van der Waals surface area contributed by atoms with Gasteiger partial charge in [-0.05, 0) is 33.6 Å². The summed E-state index contributed by atoms with van der Waals surface area (Å²) in [7, 11) is 0. The van der Waals surface area contributed by atoms with E-state index in [4.69, 9.17) is 0 Å². The molecule has 0 aromatic heterocycles. The summed E-state index contributed by atoms with van der Waals surface area (Å²) in [5.74, 6) is -0.0317. The molecule has 3 heteroatoms. The lowest BCUT2D eigenvalue weighted by Crippen LogP contribution is -2.22. The number of likely N-dealkylation sites (N-methyl/N-ethyl adjacent to an activating group) is 1. The highest BCUT2D eigenvalue weighted by molar-refractivity contribution is 6.07. The Balaban J connectivity index is 3.14. The molecular weight excluding hydrogens is 190 g/mol. The predicted molar refractivity (Wildman–Crippen MR) is 59.4 cm³/mol. The molecule has 1 N–H and O–H groups in total. The Kier molecular flexibility index (Phi) is 3.83. The minimum Gasteiger partial charge on any atom is -0.385 e. The van der Waals surface area contributed by atoms with Gasteiger partial charge in [0.25, 0.3) is 0 Å². The van der Waals surface area contributed by atoms with Crippen LogP contribution in [0.1, 0.15) is 33.6 Å². The van der Waals surface area contributed by atoms with Gasteiger partial charge in [0.15, 0.2) is 11.6 Å². The average Bonchev–Trinajstić information content (AvgIpc) is 2.17. The van der Waals surface area contributed by atoms with Crippen LogP contribution in [0.3, 0.4) is 0 Å². The van der Waals surface area contributed by atoms with Gasteiger partial charge in [0.1, 0.15) is 0 Å². The topological polar surface area (TPSA) is 46.2 Å². The van der Waals surface area contributed by atoms with E-state index < -0.39 is 0 Å². The van der Waals surface area contributed by atoms with Gasteiger partial charge in [-0.2, -0.15) is 0 Å². The average molecular weight is 207 g/mol. The van der Waals surface area contributed by atoms with Crippen LogP contribution in [0.2, 0.25) is 0 Å². The van der Waals surface area contributed by atoms with Crippen molar-refractivity contribution in [2.45, 2.75) is 33.6 Å². The summed E-state index contributed by atoms with van der Waals surface area (Å²) in [4.78, 5) is 22.9. The monoisotopic (exact) mass is 207 g/mol. The molecule has 1 rings (SSSR count). The van der Waals surface area contributed by atoms with Gasteiger partial charge in [0.05, 0.1) is 0 Å². The first-order valence-electron chi connectivity index (χ1n) is 5.27. The molecule has 0 radical (unpaired) electrons. The number of rotatable bonds is 4. The van der Waals surface area contributed by atoms with Crippen molar-refractivity contribution in [1.82, 2.24) is 5.32 Å². The Hall–Kier alpha value is -1.38. The van der Waals surface area contributed by atoms with Crippen LogP contribution in [0.15, 0.2) is 22.9 Å². The molecule has 0 atom stereocenters. The van der Waals surface area contributed by atoms with Crippen LogP contribution in [0.25, 0.3) is 0 Å². The first-order chi connectivity index (χ1) is 7.07. The summed E-state index contributed by atoms with van der Waals surface area (Å²) < 4.78 is 0. The summed E-state index contributed by atoms with van der Waals surface area (Å²) in [5.41, 5.74) is 2.07. The van der Waals surface area contributed by atoms with Crippen LogP contribution in [0, 0.1) is 0 Å². The van der Waals surface area contributed by atoms with Gasteiger partial charge in [-0.15, -0.1) is 0 Å². The molecule has 0 saturated carbocycles. The number of nitrogens with one attached hydrogen (secondary N) is 1. The largest absolute Gasteiger partial charge is 0.385 e. The molecule has 0 aromatic carbocycles. The molecule has 0 spiro atoms. The van der Waals surface area contributed by atoms with Crippen LogP contribution in [-0.4, -0.2) is 18.1 Å². The zero-order valence-corrected chi connectivity index (χ0v) is 9.52. The van der Waals surface area contributed by atoms with Gasteiger partial charge in [-0.25, -0.2) is 0 Å². The number of hydrogen-bond donors (Lipinski definition) is 1. The highest BCUT2D eigenvalue weighted by Crippen LogP contribution is 2.25. The van der Waals surface area contributed by atoms with E-state index >= 15 is 0 Å². The van der Waals surface area contributed by atoms with Crippen LogP contribution in [0.4, 0.5) is 0 Å². The van der Waals surface area contributed by atoms with E-state index in [1.54, 1.807) is 0 Å². The second kappa shape index (κ2) is 4.91. The highest BCUT2D eigenvalue weighted by atomic mass is 16.1. The van der Waals surface area contributed by atoms with E-state index in [1.165, 1.54) is 13.8 Å². The van der Waals surface area contributed by atoms with Crippen LogP contribution in [0.5, 0.6) is 0 Å². The number of Topliss-reactive ketones (excluding diaryl/α,β-unsaturated/α-hetero) is 2. The SMILES string of the molecule is CCNC1=CCCC(C(C)=O)=C1C(C)=O. The zero-order chi connectivity index (χ0) is 11.4. The maximum Gasteiger partial charge on any atom is 0.162 e. The Labute approximate surface area is 90.2 Å². The van der Waals surface area contributed by atoms with Gasteiger partial charge in [-0.1, -0.05) is 6.08 Å². The van der Waals surface area contributed by atoms with Gasteiger partial charge >= 0.3 is 0 Å². The Bertz CT molecular complexity index is 351. The molecule has 0 bridgehead atoms. The smallest absolute Gasteiger partial charge is 0.162 e. The van der Waals surface area contributed by atoms with E-state index in [0.717, 1.165) is 18.7 Å². The lowest BCUT2D eigenvalue weighted by Gasteiger charge is -2.19. The summed E-state index contributed by atoms with van der Waals surface area (Å²) in [6.07, 6.45) is 3.50. The molecule has 0 aliphatic heterocycles. The fourth-order valence-corrected chi connectivity index (χ4v) is 1.86.